The van der Waals surface area contributed by atoms with Gasteiger partial charge >= 0.3 is 12.2 Å². The third-order valence-electron chi connectivity index (χ3n) is 4.31. The number of hydrogen-bond donors (Lipinski definition) is 2. The van der Waals surface area contributed by atoms with Gasteiger partial charge in [-0.3, -0.25) is 4.40 Å². The fourth-order valence-electron chi connectivity index (χ4n) is 2.78. The number of carbonyl (C=O) groups is 1. The summed E-state index contributed by atoms with van der Waals surface area (Å²) in [6, 6.07) is 9.51. The van der Waals surface area contributed by atoms with Crippen LogP contribution in [-0.2, 0) is 4.84 Å². The van der Waals surface area contributed by atoms with Crippen LogP contribution in [0.3, 0.4) is 0 Å². The van der Waals surface area contributed by atoms with E-state index >= 15 is 0 Å². The number of fused-ring (bicyclic) bond motifs is 1. The molecule has 11 heteroatoms. The summed E-state index contributed by atoms with van der Waals surface area (Å²) in [5, 5.41) is 8.12. The van der Waals surface area contributed by atoms with Crippen LogP contribution in [0.4, 0.5) is 23.7 Å². The van der Waals surface area contributed by atoms with Crippen LogP contribution in [-0.4, -0.2) is 66.5 Å². The summed E-state index contributed by atoms with van der Waals surface area (Å²) < 4.78 is 38.6. The Hall–Kier alpha value is -3.60. The number of halogens is 3. The number of nitrogens with one attached hydrogen (secondary N) is 2. The number of urea groups is 1. The minimum atomic E-state index is -4.47. The summed E-state index contributed by atoms with van der Waals surface area (Å²) in [5.74, 6) is 0. The standard InChI is InChI=1S/C21H23F3N6O2/c1-29(2)8-9-32-27-12-15-6-7-30-18(13-25-19(30)10-15)16-4-3-5-17(11-16)28-20(31)26-14-21(22,23)24/h3-7,10-13H,8-9,14H2,1-2H3,(H2,26,28,31). The maximum atomic E-state index is 12.2. The number of likely N-dealkylation sites (N-methyl/N-ethyl adjacent to an activating group) is 1. The predicted octanol–water partition coefficient (Wildman–Crippen LogP) is 3.60. The topological polar surface area (TPSA) is 83.3 Å². The summed E-state index contributed by atoms with van der Waals surface area (Å²) >= 11 is 0. The van der Waals surface area contributed by atoms with Crippen LogP contribution < -0.4 is 10.6 Å². The number of aromatic nitrogens is 2. The van der Waals surface area contributed by atoms with Crippen molar-refractivity contribution in [2.45, 2.75) is 6.18 Å². The van der Waals surface area contributed by atoms with Crippen molar-refractivity contribution < 1.29 is 22.8 Å². The summed E-state index contributed by atoms with van der Waals surface area (Å²) in [7, 11) is 3.90. The number of oxime groups is 1. The van der Waals surface area contributed by atoms with Gasteiger partial charge in [-0.15, -0.1) is 0 Å². The van der Waals surface area contributed by atoms with Gasteiger partial charge in [0, 0.05) is 29.6 Å². The lowest BCUT2D eigenvalue weighted by Crippen LogP contribution is -2.36. The first-order chi connectivity index (χ1) is 15.2. The second-order valence-electron chi connectivity index (χ2n) is 7.21. The van der Waals surface area contributed by atoms with E-state index < -0.39 is 18.8 Å². The summed E-state index contributed by atoms with van der Waals surface area (Å²) in [4.78, 5) is 23.3. The van der Waals surface area contributed by atoms with Crippen LogP contribution in [0.1, 0.15) is 5.56 Å². The Balaban J connectivity index is 1.69. The van der Waals surface area contributed by atoms with Crippen LogP contribution in [0.15, 0.2) is 53.9 Å². The molecule has 1 aromatic carbocycles. The molecule has 0 saturated heterocycles. The van der Waals surface area contributed by atoms with Crippen molar-refractivity contribution in [1.82, 2.24) is 19.6 Å². The van der Waals surface area contributed by atoms with Crippen LogP contribution in [0.5, 0.6) is 0 Å². The zero-order valence-electron chi connectivity index (χ0n) is 17.6. The van der Waals surface area contributed by atoms with E-state index in [0.29, 0.717) is 17.9 Å². The largest absolute Gasteiger partial charge is 0.405 e. The summed E-state index contributed by atoms with van der Waals surface area (Å²) in [6.45, 7) is -0.159. The molecule has 8 nitrogen and oxygen atoms in total. The minimum Gasteiger partial charge on any atom is -0.394 e. The lowest BCUT2D eigenvalue weighted by Gasteiger charge is -2.10. The van der Waals surface area contributed by atoms with Crippen molar-refractivity contribution >= 4 is 23.6 Å². The van der Waals surface area contributed by atoms with E-state index in [4.69, 9.17) is 4.84 Å². The van der Waals surface area contributed by atoms with E-state index in [9.17, 15) is 18.0 Å². The first-order valence-corrected chi connectivity index (χ1v) is 9.70. The van der Waals surface area contributed by atoms with E-state index in [0.717, 1.165) is 23.4 Å². The smallest absolute Gasteiger partial charge is 0.394 e. The Kier molecular flexibility index (Phi) is 7.31. The molecular formula is C21H23F3N6O2. The highest BCUT2D eigenvalue weighted by Crippen LogP contribution is 2.24. The van der Waals surface area contributed by atoms with Gasteiger partial charge in [-0.05, 0) is 38.4 Å². The Morgan fingerprint density at radius 2 is 2.09 bits per heavy atom. The van der Waals surface area contributed by atoms with Gasteiger partial charge in [-0.2, -0.15) is 13.2 Å². The van der Waals surface area contributed by atoms with Gasteiger partial charge in [-0.25, -0.2) is 9.78 Å². The molecule has 0 aliphatic carbocycles. The molecule has 2 aromatic heterocycles. The number of pyridine rings is 1. The van der Waals surface area contributed by atoms with Gasteiger partial charge in [0.15, 0.2) is 0 Å². The summed E-state index contributed by atoms with van der Waals surface area (Å²) in [5.41, 5.74) is 3.34. The number of anilines is 1. The third-order valence-corrected chi connectivity index (χ3v) is 4.31. The van der Waals surface area contributed by atoms with Crippen LogP contribution in [0, 0.1) is 0 Å². The Bertz CT molecular complexity index is 1090. The van der Waals surface area contributed by atoms with Crippen molar-refractivity contribution in [3.8, 4) is 11.3 Å². The fourth-order valence-corrected chi connectivity index (χ4v) is 2.78. The van der Waals surface area contributed by atoms with Crippen LogP contribution >= 0.6 is 0 Å². The highest BCUT2D eigenvalue weighted by Gasteiger charge is 2.27. The number of nitrogens with zero attached hydrogens (tertiary/aromatic N) is 4. The van der Waals surface area contributed by atoms with E-state index in [1.807, 2.05) is 47.8 Å². The first-order valence-electron chi connectivity index (χ1n) is 9.70. The van der Waals surface area contributed by atoms with Gasteiger partial charge in [0.05, 0.1) is 18.1 Å². The average molecular weight is 448 g/mol. The minimum absolute atomic E-state index is 0.357. The number of benzene rings is 1. The molecule has 0 saturated carbocycles. The van der Waals surface area contributed by atoms with Gasteiger partial charge < -0.3 is 20.4 Å². The lowest BCUT2D eigenvalue weighted by molar-refractivity contribution is -0.122. The number of alkyl halides is 3. The number of rotatable bonds is 8. The van der Waals surface area contributed by atoms with Crippen molar-refractivity contribution in [1.29, 1.82) is 0 Å². The molecule has 2 heterocycles. The Labute approximate surface area is 182 Å². The van der Waals surface area contributed by atoms with Crippen LogP contribution in [0.2, 0.25) is 0 Å². The molecule has 0 radical (unpaired) electrons. The molecule has 170 valence electrons. The van der Waals surface area contributed by atoms with E-state index in [1.165, 1.54) is 0 Å². The monoisotopic (exact) mass is 448 g/mol. The molecule has 0 unspecified atom stereocenters. The molecule has 2 amide bonds. The van der Waals surface area contributed by atoms with E-state index in [1.54, 1.807) is 35.9 Å². The van der Waals surface area contributed by atoms with Gasteiger partial charge in [0.2, 0.25) is 0 Å². The van der Waals surface area contributed by atoms with Crippen LogP contribution in [0.25, 0.3) is 16.9 Å². The molecule has 0 spiro atoms. The van der Waals surface area contributed by atoms with E-state index in [-0.39, 0.29) is 0 Å². The average Bonchev–Trinajstić information content (AvgIpc) is 3.15. The molecule has 3 aromatic rings. The molecule has 0 aliphatic rings. The normalized spacial score (nSPS) is 11.9. The number of amides is 2. The highest BCUT2D eigenvalue weighted by atomic mass is 19.4. The number of imidazole rings is 1. The molecule has 0 atom stereocenters. The second-order valence-corrected chi connectivity index (χ2v) is 7.21. The SMILES string of the molecule is CN(C)CCON=Cc1ccn2c(-c3cccc(NC(=O)NCC(F)(F)F)c3)cnc2c1. The lowest BCUT2D eigenvalue weighted by atomic mass is 10.1. The first kappa shape index (κ1) is 23.1. The highest BCUT2D eigenvalue weighted by molar-refractivity contribution is 5.90. The molecule has 0 aliphatic heterocycles. The van der Waals surface area contributed by atoms with Crippen molar-refractivity contribution in [2.24, 2.45) is 5.16 Å². The Morgan fingerprint density at radius 1 is 1.28 bits per heavy atom. The maximum absolute atomic E-state index is 12.2. The van der Waals surface area contributed by atoms with Crippen molar-refractivity contribution in [3.63, 3.8) is 0 Å². The van der Waals surface area contributed by atoms with E-state index in [2.05, 4.69) is 15.5 Å². The summed E-state index contributed by atoms with van der Waals surface area (Å²) in [6.07, 6.45) is 0.632. The van der Waals surface area contributed by atoms with Gasteiger partial charge in [0.25, 0.3) is 0 Å². The molecule has 0 fully saturated rings. The number of carbonyl (C=O) groups excluding carboxylic acids is 1. The molecule has 0 bridgehead atoms. The molecule has 32 heavy (non-hydrogen) atoms. The molecule has 2 N–H and O–H groups in total. The maximum Gasteiger partial charge on any atom is 0.405 e. The Morgan fingerprint density at radius 3 is 2.84 bits per heavy atom. The molecular weight excluding hydrogens is 425 g/mol. The second kappa shape index (κ2) is 10.1. The van der Waals surface area contributed by atoms with Crippen molar-refractivity contribution in [3.05, 3.63) is 54.4 Å². The third kappa shape index (κ3) is 6.71. The predicted molar refractivity (Wildman–Crippen MR) is 116 cm³/mol. The quantitative estimate of drug-likeness (QED) is 0.313. The fraction of sp³-hybridized carbons (Fsp3) is 0.286. The zero-order valence-corrected chi connectivity index (χ0v) is 17.6. The van der Waals surface area contributed by atoms with Crippen molar-refractivity contribution in [2.75, 3.05) is 39.1 Å². The number of hydrogen-bond acceptors (Lipinski definition) is 5. The van der Waals surface area contributed by atoms with Gasteiger partial charge in [-0.1, -0.05) is 17.3 Å². The zero-order chi connectivity index (χ0) is 23.1. The van der Waals surface area contributed by atoms with Gasteiger partial charge in [0.1, 0.15) is 18.8 Å². The molecule has 3 rings (SSSR count).